The molecule has 4 rings (SSSR count). The van der Waals surface area contributed by atoms with Gasteiger partial charge in [-0.1, -0.05) is 48.2 Å². The Hall–Kier alpha value is -2.81. The fourth-order valence-electron chi connectivity index (χ4n) is 4.01. The summed E-state index contributed by atoms with van der Waals surface area (Å²) < 4.78 is 33.5. The van der Waals surface area contributed by atoms with E-state index in [4.69, 9.17) is 4.74 Å². The molecule has 1 fully saturated rings. The van der Waals surface area contributed by atoms with Crippen molar-refractivity contribution >= 4 is 33.4 Å². The van der Waals surface area contributed by atoms with Crippen LogP contribution in [0, 0.1) is 12.8 Å². The van der Waals surface area contributed by atoms with Crippen LogP contribution in [-0.2, 0) is 14.8 Å². The molecule has 0 spiro atoms. The molecular weight excluding hydrogens is 468 g/mol. The lowest BCUT2D eigenvalue weighted by Crippen LogP contribution is -2.43. The van der Waals surface area contributed by atoms with E-state index in [-0.39, 0.29) is 17.3 Å². The first kappa shape index (κ1) is 24.3. The molecule has 6 nitrogen and oxygen atoms in total. The summed E-state index contributed by atoms with van der Waals surface area (Å²) in [5, 5.41) is 3.04. The van der Waals surface area contributed by atoms with Gasteiger partial charge in [-0.05, 0) is 61.7 Å². The number of piperidine rings is 1. The average Bonchev–Trinajstić information content (AvgIpc) is 2.86. The highest BCUT2D eigenvalue weighted by molar-refractivity contribution is 7.99. The van der Waals surface area contributed by atoms with E-state index in [0.717, 1.165) is 21.0 Å². The highest BCUT2D eigenvalue weighted by Gasteiger charge is 2.35. The van der Waals surface area contributed by atoms with Crippen molar-refractivity contribution in [1.82, 2.24) is 4.31 Å². The molecule has 3 aromatic rings. The molecule has 34 heavy (non-hydrogen) atoms. The molecule has 0 bridgehead atoms. The van der Waals surface area contributed by atoms with Gasteiger partial charge in [0, 0.05) is 22.9 Å². The number of benzene rings is 3. The fourth-order valence-corrected chi connectivity index (χ4v) is 6.70. The van der Waals surface area contributed by atoms with Gasteiger partial charge < -0.3 is 10.1 Å². The summed E-state index contributed by atoms with van der Waals surface area (Å²) in [6.45, 7) is 2.36. The smallest absolute Gasteiger partial charge is 0.246 e. The topological polar surface area (TPSA) is 75.7 Å². The number of sulfonamides is 1. The second kappa shape index (κ2) is 10.6. The van der Waals surface area contributed by atoms with E-state index in [1.165, 1.54) is 11.4 Å². The highest BCUT2D eigenvalue weighted by Crippen LogP contribution is 2.34. The van der Waals surface area contributed by atoms with Crippen LogP contribution in [0.5, 0.6) is 5.75 Å². The Morgan fingerprint density at radius 1 is 1.06 bits per heavy atom. The molecule has 1 heterocycles. The Kier molecular flexibility index (Phi) is 7.60. The Balaban J connectivity index is 1.50. The van der Waals surface area contributed by atoms with Crippen molar-refractivity contribution in [1.29, 1.82) is 0 Å². The normalized spacial score (nSPS) is 16.7. The molecule has 0 saturated carbocycles. The minimum Gasteiger partial charge on any atom is -0.495 e. The Labute approximate surface area is 205 Å². The van der Waals surface area contributed by atoms with Crippen LogP contribution in [0.4, 0.5) is 5.69 Å². The number of methoxy groups -OCH3 is 1. The molecule has 1 aliphatic rings. The van der Waals surface area contributed by atoms with E-state index >= 15 is 0 Å². The third-order valence-electron chi connectivity index (χ3n) is 5.81. The maximum atomic E-state index is 13.4. The van der Waals surface area contributed by atoms with Gasteiger partial charge in [-0.25, -0.2) is 8.42 Å². The quantitative estimate of drug-likeness (QED) is 0.487. The number of nitrogens with zero attached hydrogens (tertiary/aromatic N) is 1. The van der Waals surface area contributed by atoms with Crippen LogP contribution >= 0.6 is 11.8 Å². The average molecular weight is 497 g/mol. The van der Waals surface area contributed by atoms with E-state index in [9.17, 15) is 13.2 Å². The number of aryl methyl sites for hydroxylation is 1. The van der Waals surface area contributed by atoms with E-state index in [1.807, 2.05) is 67.6 Å². The molecule has 1 saturated heterocycles. The first-order chi connectivity index (χ1) is 16.4. The number of carbonyl (C=O) groups is 1. The van der Waals surface area contributed by atoms with Crippen molar-refractivity contribution in [2.24, 2.45) is 5.92 Å². The summed E-state index contributed by atoms with van der Waals surface area (Å²) >= 11 is 1.58. The number of ether oxygens (including phenoxy) is 1. The van der Waals surface area contributed by atoms with Crippen molar-refractivity contribution in [3.63, 3.8) is 0 Å². The van der Waals surface area contributed by atoms with E-state index in [2.05, 4.69) is 5.32 Å². The van der Waals surface area contributed by atoms with Crippen molar-refractivity contribution in [3.05, 3.63) is 78.4 Å². The van der Waals surface area contributed by atoms with Crippen molar-refractivity contribution in [2.75, 3.05) is 25.5 Å². The first-order valence-electron chi connectivity index (χ1n) is 11.2. The molecule has 178 valence electrons. The summed E-state index contributed by atoms with van der Waals surface area (Å²) in [5.74, 6) is -0.296. The highest BCUT2D eigenvalue weighted by atomic mass is 32.2. The largest absolute Gasteiger partial charge is 0.495 e. The van der Waals surface area contributed by atoms with Crippen LogP contribution < -0.4 is 10.1 Å². The van der Waals surface area contributed by atoms with Crippen molar-refractivity contribution < 1.29 is 17.9 Å². The lowest BCUT2D eigenvalue weighted by Gasteiger charge is -2.31. The molecule has 0 radical (unpaired) electrons. The predicted molar refractivity (Wildman–Crippen MR) is 135 cm³/mol. The number of nitrogens with one attached hydrogen (secondary N) is 1. The van der Waals surface area contributed by atoms with Gasteiger partial charge in [0.15, 0.2) is 0 Å². The SMILES string of the molecule is COc1ccc(C)cc1S(=O)(=O)N1CCC[C@H](C(=O)Nc2ccccc2Sc2ccccc2)C1. The summed E-state index contributed by atoms with van der Waals surface area (Å²) in [4.78, 5) is 15.3. The molecular formula is C26H28N2O4S2. The predicted octanol–water partition coefficient (Wildman–Crippen LogP) is 5.19. The van der Waals surface area contributed by atoms with Crippen LogP contribution in [0.1, 0.15) is 18.4 Å². The zero-order valence-corrected chi connectivity index (χ0v) is 20.9. The number of rotatable bonds is 7. The van der Waals surface area contributed by atoms with E-state index < -0.39 is 15.9 Å². The Morgan fingerprint density at radius 2 is 1.79 bits per heavy atom. The second-order valence-corrected chi connectivity index (χ2v) is 11.3. The molecule has 0 aliphatic carbocycles. The van der Waals surface area contributed by atoms with Gasteiger partial charge >= 0.3 is 0 Å². The van der Waals surface area contributed by atoms with Crippen molar-refractivity contribution in [2.45, 2.75) is 34.5 Å². The summed E-state index contributed by atoms with van der Waals surface area (Å²) in [6.07, 6.45) is 1.25. The fraction of sp³-hybridized carbons (Fsp3) is 0.269. The lowest BCUT2D eigenvalue weighted by atomic mass is 9.99. The molecule has 1 aliphatic heterocycles. The van der Waals surface area contributed by atoms with Gasteiger partial charge in [-0.2, -0.15) is 4.31 Å². The summed E-state index contributed by atoms with van der Waals surface area (Å²) in [6, 6.07) is 22.7. The maximum Gasteiger partial charge on any atom is 0.246 e. The Morgan fingerprint density at radius 3 is 2.56 bits per heavy atom. The van der Waals surface area contributed by atoms with Gasteiger partial charge in [-0.15, -0.1) is 0 Å². The molecule has 0 unspecified atom stereocenters. The summed E-state index contributed by atoms with van der Waals surface area (Å²) in [5.41, 5.74) is 1.56. The second-order valence-electron chi connectivity index (χ2n) is 8.26. The minimum absolute atomic E-state index is 0.138. The third-order valence-corrected chi connectivity index (χ3v) is 8.78. The Bertz CT molecular complexity index is 1260. The molecule has 3 aromatic carbocycles. The number of hydrogen-bond acceptors (Lipinski definition) is 5. The monoisotopic (exact) mass is 496 g/mol. The number of anilines is 1. The van der Waals surface area contributed by atoms with Gasteiger partial charge in [0.05, 0.1) is 18.7 Å². The molecule has 1 N–H and O–H groups in total. The van der Waals surface area contributed by atoms with Crippen LogP contribution in [0.2, 0.25) is 0 Å². The zero-order chi connectivity index (χ0) is 24.1. The summed E-state index contributed by atoms with van der Waals surface area (Å²) in [7, 11) is -2.33. The van der Waals surface area contributed by atoms with Crippen LogP contribution in [0.3, 0.4) is 0 Å². The van der Waals surface area contributed by atoms with Crippen LogP contribution in [0.25, 0.3) is 0 Å². The molecule has 8 heteroatoms. The van der Waals surface area contributed by atoms with E-state index in [0.29, 0.717) is 25.1 Å². The number of para-hydroxylation sites is 1. The lowest BCUT2D eigenvalue weighted by molar-refractivity contribution is -0.120. The zero-order valence-electron chi connectivity index (χ0n) is 19.2. The van der Waals surface area contributed by atoms with Crippen LogP contribution in [-0.4, -0.2) is 38.8 Å². The molecule has 1 amide bonds. The van der Waals surface area contributed by atoms with Gasteiger partial charge in [-0.3, -0.25) is 4.79 Å². The number of carbonyl (C=O) groups excluding carboxylic acids is 1. The standard InChI is InChI=1S/C26H28N2O4S2/c1-19-14-15-23(32-2)25(17-19)34(30,31)28-16-8-9-20(18-28)26(29)27-22-12-6-7-13-24(22)33-21-10-4-3-5-11-21/h3-7,10-15,17,20H,8-9,16,18H2,1-2H3,(H,27,29)/t20-/m0/s1. The van der Waals surface area contributed by atoms with Gasteiger partial charge in [0.1, 0.15) is 10.6 Å². The third kappa shape index (κ3) is 5.46. The van der Waals surface area contributed by atoms with E-state index in [1.54, 1.807) is 23.9 Å². The van der Waals surface area contributed by atoms with Gasteiger partial charge in [0.2, 0.25) is 15.9 Å². The number of amides is 1. The molecule has 1 atom stereocenters. The number of hydrogen-bond donors (Lipinski definition) is 1. The maximum absolute atomic E-state index is 13.4. The first-order valence-corrected chi connectivity index (χ1v) is 13.4. The molecule has 0 aromatic heterocycles. The van der Waals surface area contributed by atoms with Crippen molar-refractivity contribution in [3.8, 4) is 5.75 Å². The minimum atomic E-state index is -3.79. The van der Waals surface area contributed by atoms with Crippen LogP contribution in [0.15, 0.2) is 87.5 Å². The van der Waals surface area contributed by atoms with Gasteiger partial charge in [0.25, 0.3) is 0 Å².